The SMILES string of the molecule is O=C(C1CC1)N1CC(c2nc(-c3cnccn3)no2)C1. The first-order chi connectivity index (χ1) is 9.81. The first kappa shape index (κ1) is 11.5. The van der Waals surface area contributed by atoms with Crippen molar-refractivity contribution < 1.29 is 9.32 Å². The van der Waals surface area contributed by atoms with Crippen LogP contribution in [0.25, 0.3) is 11.5 Å². The first-order valence-corrected chi connectivity index (χ1v) is 6.70. The number of likely N-dealkylation sites (tertiary alicyclic amines) is 1. The van der Waals surface area contributed by atoms with E-state index >= 15 is 0 Å². The van der Waals surface area contributed by atoms with Crippen LogP contribution in [0.1, 0.15) is 24.7 Å². The van der Waals surface area contributed by atoms with Gasteiger partial charge in [-0.05, 0) is 12.8 Å². The lowest BCUT2D eigenvalue weighted by Crippen LogP contribution is -2.49. The smallest absolute Gasteiger partial charge is 0.233 e. The van der Waals surface area contributed by atoms with Gasteiger partial charge in [0.15, 0.2) is 0 Å². The molecule has 1 saturated heterocycles. The Kier molecular flexibility index (Phi) is 2.51. The Morgan fingerprint density at radius 3 is 2.85 bits per heavy atom. The fourth-order valence-corrected chi connectivity index (χ4v) is 2.32. The Morgan fingerprint density at radius 1 is 1.30 bits per heavy atom. The Morgan fingerprint density at radius 2 is 2.15 bits per heavy atom. The van der Waals surface area contributed by atoms with E-state index in [1.807, 2.05) is 4.90 Å². The van der Waals surface area contributed by atoms with E-state index in [2.05, 4.69) is 20.1 Å². The topological polar surface area (TPSA) is 85.0 Å². The van der Waals surface area contributed by atoms with E-state index in [9.17, 15) is 4.79 Å². The zero-order chi connectivity index (χ0) is 13.5. The largest absolute Gasteiger partial charge is 0.341 e. The van der Waals surface area contributed by atoms with E-state index < -0.39 is 0 Å². The van der Waals surface area contributed by atoms with Crippen LogP contribution < -0.4 is 0 Å². The van der Waals surface area contributed by atoms with Crippen LogP contribution in [0.3, 0.4) is 0 Å². The summed E-state index contributed by atoms with van der Waals surface area (Å²) in [6.45, 7) is 1.36. The molecule has 4 rings (SSSR count). The van der Waals surface area contributed by atoms with E-state index in [1.54, 1.807) is 18.6 Å². The van der Waals surface area contributed by atoms with Crippen LogP contribution in [-0.2, 0) is 4.79 Å². The molecule has 0 atom stereocenters. The van der Waals surface area contributed by atoms with Crippen LogP contribution in [0.4, 0.5) is 0 Å². The van der Waals surface area contributed by atoms with Gasteiger partial charge in [0.1, 0.15) is 5.69 Å². The molecule has 2 aliphatic rings. The summed E-state index contributed by atoms with van der Waals surface area (Å²) in [5.74, 6) is 1.71. The van der Waals surface area contributed by atoms with Crippen molar-refractivity contribution >= 4 is 5.91 Å². The maximum Gasteiger partial charge on any atom is 0.233 e. The van der Waals surface area contributed by atoms with Gasteiger partial charge in [-0.25, -0.2) is 4.98 Å². The summed E-state index contributed by atoms with van der Waals surface area (Å²) in [5, 5.41) is 3.91. The lowest BCUT2D eigenvalue weighted by molar-refractivity contribution is -0.137. The van der Waals surface area contributed by atoms with Gasteiger partial charge in [0.25, 0.3) is 0 Å². The second-order valence-corrected chi connectivity index (χ2v) is 5.26. The summed E-state index contributed by atoms with van der Waals surface area (Å²) in [6.07, 6.45) is 6.86. The van der Waals surface area contributed by atoms with Crippen molar-refractivity contribution in [1.29, 1.82) is 0 Å². The molecule has 102 valence electrons. The number of amides is 1. The average molecular weight is 271 g/mol. The molecule has 2 aromatic rings. The summed E-state index contributed by atoms with van der Waals surface area (Å²) in [7, 11) is 0. The lowest BCUT2D eigenvalue weighted by Gasteiger charge is -2.37. The van der Waals surface area contributed by atoms with Gasteiger partial charge in [0.2, 0.25) is 17.6 Å². The molecular formula is C13H13N5O2. The predicted molar refractivity (Wildman–Crippen MR) is 67.4 cm³/mol. The third kappa shape index (κ3) is 1.95. The van der Waals surface area contributed by atoms with Gasteiger partial charge in [0, 0.05) is 31.4 Å². The molecular weight excluding hydrogens is 258 g/mol. The number of hydrogen-bond acceptors (Lipinski definition) is 6. The number of nitrogens with zero attached hydrogens (tertiary/aromatic N) is 5. The highest BCUT2D eigenvalue weighted by atomic mass is 16.5. The zero-order valence-electron chi connectivity index (χ0n) is 10.8. The van der Waals surface area contributed by atoms with Crippen molar-refractivity contribution in [3.05, 3.63) is 24.5 Å². The molecule has 1 amide bonds. The predicted octanol–water partition coefficient (Wildman–Crippen LogP) is 0.862. The van der Waals surface area contributed by atoms with Crippen molar-refractivity contribution in [1.82, 2.24) is 25.0 Å². The number of aromatic nitrogens is 4. The third-order valence-corrected chi connectivity index (χ3v) is 3.70. The normalized spacial score (nSPS) is 18.9. The molecule has 1 aliphatic heterocycles. The van der Waals surface area contributed by atoms with E-state index in [-0.39, 0.29) is 17.7 Å². The lowest BCUT2D eigenvalue weighted by atomic mass is 9.99. The molecule has 20 heavy (non-hydrogen) atoms. The molecule has 0 bridgehead atoms. The van der Waals surface area contributed by atoms with Crippen molar-refractivity contribution in [3.8, 4) is 11.5 Å². The average Bonchev–Trinajstić information content (AvgIpc) is 3.17. The van der Waals surface area contributed by atoms with Crippen LogP contribution in [0.2, 0.25) is 0 Å². The van der Waals surface area contributed by atoms with Crippen molar-refractivity contribution in [2.24, 2.45) is 5.92 Å². The molecule has 7 nitrogen and oxygen atoms in total. The second-order valence-electron chi connectivity index (χ2n) is 5.26. The molecule has 2 aromatic heterocycles. The maximum absolute atomic E-state index is 11.8. The first-order valence-electron chi connectivity index (χ1n) is 6.70. The number of carbonyl (C=O) groups excluding carboxylic acids is 1. The van der Waals surface area contributed by atoms with Gasteiger partial charge in [0.05, 0.1) is 12.1 Å². The summed E-state index contributed by atoms with van der Waals surface area (Å²) in [4.78, 5) is 26.1. The monoisotopic (exact) mass is 271 g/mol. The van der Waals surface area contributed by atoms with Gasteiger partial charge in [-0.15, -0.1) is 0 Å². The second kappa shape index (κ2) is 4.36. The molecule has 2 fully saturated rings. The summed E-state index contributed by atoms with van der Waals surface area (Å²) >= 11 is 0. The maximum atomic E-state index is 11.8. The molecule has 0 radical (unpaired) electrons. The number of hydrogen-bond donors (Lipinski definition) is 0. The van der Waals surface area contributed by atoms with Gasteiger partial charge in [-0.2, -0.15) is 4.98 Å². The van der Waals surface area contributed by atoms with Gasteiger partial charge in [-0.1, -0.05) is 5.16 Å². The van der Waals surface area contributed by atoms with Crippen LogP contribution >= 0.6 is 0 Å². The Hall–Kier alpha value is -2.31. The van der Waals surface area contributed by atoms with Gasteiger partial charge >= 0.3 is 0 Å². The van der Waals surface area contributed by atoms with Crippen LogP contribution in [0, 0.1) is 5.92 Å². The van der Waals surface area contributed by atoms with E-state index in [0.29, 0.717) is 30.5 Å². The molecule has 1 aliphatic carbocycles. The molecule has 1 saturated carbocycles. The van der Waals surface area contributed by atoms with Gasteiger partial charge in [-0.3, -0.25) is 9.78 Å². The summed E-state index contributed by atoms with van der Waals surface area (Å²) < 4.78 is 5.26. The van der Waals surface area contributed by atoms with E-state index in [0.717, 1.165) is 12.8 Å². The summed E-state index contributed by atoms with van der Waals surface area (Å²) in [6, 6.07) is 0. The Balaban J connectivity index is 1.43. The van der Waals surface area contributed by atoms with Gasteiger partial charge < -0.3 is 9.42 Å². The minimum atomic E-state index is 0.149. The number of rotatable bonds is 3. The highest BCUT2D eigenvalue weighted by molar-refractivity contribution is 5.81. The van der Waals surface area contributed by atoms with E-state index in [4.69, 9.17) is 4.52 Å². The molecule has 0 spiro atoms. The molecule has 3 heterocycles. The van der Waals surface area contributed by atoms with Crippen molar-refractivity contribution in [2.45, 2.75) is 18.8 Å². The minimum Gasteiger partial charge on any atom is -0.341 e. The molecule has 0 aromatic carbocycles. The minimum absolute atomic E-state index is 0.149. The van der Waals surface area contributed by atoms with Crippen molar-refractivity contribution in [2.75, 3.05) is 13.1 Å². The van der Waals surface area contributed by atoms with Crippen molar-refractivity contribution in [3.63, 3.8) is 0 Å². The van der Waals surface area contributed by atoms with Crippen LogP contribution in [0.5, 0.6) is 0 Å². The van der Waals surface area contributed by atoms with Crippen LogP contribution in [0.15, 0.2) is 23.1 Å². The number of carbonyl (C=O) groups is 1. The standard InChI is InChI=1S/C13H13N5O2/c19-13(8-1-2-8)18-6-9(7-18)12-16-11(17-20-12)10-5-14-3-4-15-10/h3-5,8-9H,1-2,6-7H2. The molecule has 0 N–H and O–H groups in total. The zero-order valence-corrected chi connectivity index (χ0v) is 10.8. The fourth-order valence-electron chi connectivity index (χ4n) is 2.32. The fraction of sp³-hybridized carbons (Fsp3) is 0.462. The summed E-state index contributed by atoms with van der Waals surface area (Å²) in [5.41, 5.74) is 0.590. The van der Waals surface area contributed by atoms with E-state index in [1.165, 1.54) is 0 Å². The quantitative estimate of drug-likeness (QED) is 0.823. The highest BCUT2D eigenvalue weighted by Crippen LogP contribution is 2.35. The Bertz CT molecular complexity index is 631. The highest BCUT2D eigenvalue weighted by Gasteiger charge is 2.41. The third-order valence-electron chi connectivity index (χ3n) is 3.70. The van der Waals surface area contributed by atoms with Crippen LogP contribution in [-0.4, -0.2) is 44.0 Å². The molecule has 0 unspecified atom stereocenters. The Labute approximate surface area is 115 Å². The molecule has 7 heteroatoms.